The molecular weight excluding hydrogens is 488 g/mol. The lowest BCUT2D eigenvalue weighted by atomic mass is 9.68. The van der Waals surface area contributed by atoms with Crippen LogP contribution in [0.2, 0.25) is 0 Å². The van der Waals surface area contributed by atoms with Gasteiger partial charge in [-0.05, 0) is 78.4 Å². The Morgan fingerprint density at radius 3 is 1.49 bits per heavy atom. The van der Waals surface area contributed by atoms with E-state index in [1.807, 2.05) is 45.0 Å². The highest BCUT2D eigenvalue weighted by molar-refractivity contribution is 5.86. The van der Waals surface area contributed by atoms with E-state index in [4.69, 9.17) is 23.7 Å². The fourth-order valence-electron chi connectivity index (χ4n) is 5.40. The van der Waals surface area contributed by atoms with Crippen LogP contribution in [-0.2, 0) is 19.6 Å². The van der Waals surface area contributed by atoms with Gasteiger partial charge in [0.1, 0.15) is 11.5 Å². The van der Waals surface area contributed by atoms with E-state index in [2.05, 4.69) is 72.8 Å². The molecule has 0 saturated heterocycles. The Balaban J connectivity index is 1.57. The molecule has 0 radical (unpaired) electrons. The molecule has 0 fully saturated rings. The average Bonchev–Trinajstić information content (AvgIpc) is 3.28. The van der Waals surface area contributed by atoms with Gasteiger partial charge in [0.25, 0.3) is 0 Å². The van der Waals surface area contributed by atoms with Crippen LogP contribution >= 0.6 is 0 Å². The smallest absolute Gasteiger partial charge is 0.197 e. The second kappa shape index (κ2) is 11.6. The van der Waals surface area contributed by atoms with Crippen LogP contribution in [0.3, 0.4) is 0 Å². The van der Waals surface area contributed by atoms with Crippen LogP contribution in [0.5, 0.6) is 11.5 Å². The third-order valence-electron chi connectivity index (χ3n) is 7.43. The Labute approximate surface area is 231 Å². The zero-order chi connectivity index (χ0) is 27.4. The van der Waals surface area contributed by atoms with E-state index in [0.717, 1.165) is 22.6 Å². The Morgan fingerprint density at radius 1 is 0.564 bits per heavy atom. The Bertz CT molecular complexity index is 1330. The van der Waals surface area contributed by atoms with E-state index >= 15 is 0 Å². The summed E-state index contributed by atoms with van der Waals surface area (Å²) in [5.74, 6) is 1.52. The molecule has 0 amide bonds. The van der Waals surface area contributed by atoms with Gasteiger partial charge in [-0.3, -0.25) is 0 Å². The molecule has 0 saturated carbocycles. The van der Waals surface area contributed by atoms with Crippen LogP contribution in [0.15, 0.2) is 97.1 Å². The summed E-state index contributed by atoms with van der Waals surface area (Å²) in [6, 6.07) is 34.1. The van der Waals surface area contributed by atoms with Gasteiger partial charge in [-0.2, -0.15) is 0 Å². The van der Waals surface area contributed by atoms with Gasteiger partial charge in [-0.15, -0.1) is 0 Å². The lowest BCUT2D eigenvalue weighted by molar-refractivity contribution is -0.0967. The Hall–Kier alpha value is -3.64. The lowest BCUT2D eigenvalue weighted by Crippen LogP contribution is -2.28. The fraction of sp³-hybridized carbons (Fsp3) is 0.294. The van der Waals surface area contributed by atoms with Crippen LogP contribution in [0.25, 0.3) is 11.1 Å². The summed E-state index contributed by atoms with van der Waals surface area (Å²) in [5, 5.41) is 0. The molecule has 39 heavy (non-hydrogen) atoms. The van der Waals surface area contributed by atoms with E-state index in [-0.39, 0.29) is 12.4 Å². The summed E-state index contributed by atoms with van der Waals surface area (Å²) in [4.78, 5) is 0. The number of ether oxygens (including phenoxy) is 5. The van der Waals surface area contributed by atoms with Gasteiger partial charge >= 0.3 is 0 Å². The summed E-state index contributed by atoms with van der Waals surface area (Å²) in [5.41, 5.74) is 6.83. The monoisotopic (exact) mass is 524 g/mol. The van der Waals surface area contributed by atoms with Crippen molar-refractivity contribution < 1.29 is 23.7 Å². The summed E-state index contributed by atoms with van der Waals surface area (Å²) >= 11 is 0. The van der Waals surface area contributed by atoms with E-state index < -0.39 is 11.7 Å². The summed E-state index contributed by atoms with van der Waals surface area (Å²) < 4.78 is 28.3. The first-order chi connectivity index (χ1) is 19.0. The first kappa shape index (κ1) is 26.9. The summed E-state index contributed by atoms with van der Waals surface area (Å²) in [7, 11) is 3.31. The topological polar surface area (TPSA) is 46.2 Å². The maximum Gasteiger partial charge on any atom is 0.197 e. The molecule has 3 atom stereocenters. The largest absolute Gasteiger partial charge is 0.465 e. The quantitative estimate of drug-likeness (QED) is 0.171. The van der Waals surface area contributed by atoms with E-state index in [0.29, 0.717) is 6.61 Å². The summed E-state index contributed by atoms with van der Waals surface area (Å²) in [6.45, 7) is 6.21. The Morgan fingerprint density at radius 2 is 1.03 bits per heavy atom. The molecular formula is C34H36O5. The second-order valence-corrected chi connectivity index (χ2v) is 9.88. The predicted molar refractivity (Wildman–Crippen MR) is 153 cm³/mol. The van der Waals surface area contributed by atoms with E-state index in [9.17, 15) is 0 Å². The molecule has 0 aliphatic heterocycles. The highest BCUT2D eigenvalue weighted by Crippen LogP contribution is 2.56. The molecule has 5 heteroatoms. The molecule has 3 unspecified atom stereocenters. The minimum atomic E-state index is -0.493. The SMILES string of the molecule is COC(C)COC(C)Oc1ccc(C2(c3ccc(OC(C)OC)cc3)c3ccccc3-c3ccccc32)cc1. The van der Waals surface area contributed by atoms with Gasteiger partial charge in [0, 0.05) is 14.2 Å². The molecule has 0 N–H and O–H groups in total. The maximum atomic E-state index is 6.06. The van der Waals surface area contributed by atoms with Crippen molar-refractivity contribution in [1.82, 2.24) is 0 Å². The van der Waals surface area contributed by atoms with Gasteiger partial charge < -0.3 is 23.7 Å². The van der Waals surface area contributed by atoms with Crippen molar-refractivity contribution in [3.8, 4) is 22.6 Å². The molecule has 0 heterocycles. The zero-order valence-electron chi connectivity index (χ0n) is 23.2. The first-order valence-electron chi connectivity index (χ1n) is 13.4. The van der Waals surface area contributed by atoms with Crippen molar-refractivity contribution in [2.45, 2.75) is 44.9 Å². The van der Waals surface area contributed by atoms with Crippen LogP contribution < -0.4 is 9.47 Å². The molecule has 202 valence electrons. The number of fused-ring (bicyclic) bond motifs is 3. The molecule has 4 aromatic rings. The number of rotatable bonds is 11. The highest BCUT2D eigenvalue weighted by atomic mass is 16.7. The molecule has 0 spiro atoms. The number of benzene rings is 4. The number of hydrogen-bond acceptors (Lipinski definition) is 5. The zero-order valence-corrected chi connectivity index (χ0v) is 23.2. The molecule has 1 aliphatic rings. The van der Waals surface area contributed by atoms with Crippen LogP contribution in [0.4, 0.5) is 0 Å². The van der Waals surface area contributed by atoms with E-state index in [1.165, 1.54) is 22.3 Å². The van der Waals surface area contributed by atoms with Gasteiger partial charge in [-0.25, -0.2) is 0 Å². The maximum absolute atomic E-state index is 6.06. The molecule has 0 aromatic heterocycles. The predicted octanol–water partition coefficient (Wildman–Crippen LogP) is 7.20. The fourth-order valence-corrected chi connectivity index (χ4v) is 5.40. The van der Waals surface area contributed by atoms with Crippen molar-refractivity contribution >= 4 is 0 Å². The van der Waals surface area contributed by atoms with Gasteiger partial charge in [0.05, 0.1) is 18.1 Å². The van der Waals surface area contributed by atoms with Crippen molar-refractivity contribution in [2.75, 3.05) is 20.8 Å². The van der Waals surface area contributed by atoms with Gasteiger partial charge in [-0.1, -0.05) is 72.8 Å². The van der Waals surface area contributed by atoms with Crippen LogP contribution in [-0.4, -0.2) is 39.5 Å². The lowest BCUT2D eigenvalue weighted by Gasteiger charge is -2.34. The first-order valence-corrected chi connectivity index (χ1v) is 13.4. The third kappa shape index (κ3) is 5.18. The normalized spacial score (nSPS) is 15.6. The minimum Gasteiger partial charge on any atom is -0.465 e. The summed E-state index contributed by atoms with van der Waals surface area (Å²) in [6.07, 6.45) is -0.706. The van der Waals surface area contributed by atoms with Crippen molar-refractivity contribution in [1.29, 1.82) is 0 Å². The Kier molecular flexibility index (Phi) is 8.03. The second-order valence-electron chi connectivity index (χ2n) is 9.88. The van der Waals surface area contributed by atoms with Crippen molar-refractivity contribution in [3.63, 3.8) is 0 Å². The standard InChI is InChI=1S/C34H36O5/c1-23(35-4)22-37-25(3)39-29-20-16-27(17-21-29)34(26-14-18-28(19-15-26)38-24(2)36-5)32-12-8-6-10-30(32)31-11-7-9-13-33(31)34/h6-21,23-25H,22H2,1-5H3. The highest BCUT2D eigenvalue weighted by Gasteiger charge is 2.45. The molecule has 1 aliphatic carbocycles. The van der Waals surface area contributed by atoms with Crippen molar-refractivity contribution in [3.05, 3.63) is 119 Å². The van der Waals surface area contributed by atoms with E-state index in [1.54, 1.807) is 14.2 Å². The molecule has 0 bridgehead atoms. The van der Waals surface area contributed by atoms with Crippen LogP contribution in [0, 0.1) is 0 Å². The van der Waals surface area contributed by atoms with Crippen molar-refractivity contribution in [2.24, 2.45) is 0 Å². The molecule has 4 aromatic carbocycles. The number of hydrogen-bond donors (Lipinski definition) is 0. The average molecular weight is 525 g/mol. The van der Waals surface area contributed by atoms with Crippen LogP contribution in [0.1, 0.15) is 43.0 Å². The number of methoxy groups -OCH3 is 2. The van der Waals surface area contributed by atoms with Gasteiger partial charge in [0.2, 0.25) is 0 Å². The van der Waals surface area contributed by atoms with Gasteiger partial charge in [0.15, 0.2) is 12.6 Å². The minimum absolute atomic E-state index is 0.00952. The molecule has 5 rings (SSSR count). The molecule has 5 nitrogen and oxygen atoms in total. The third-order valence-corrected chi connectivity index (χ3v) is 7.43.